The Balaban J connectivity index is 2.59. The molecule has 1 N–H and O–H groups in total. The lowest BCUT2D eigenvalue weighted by atomic mass is 10.0. The molecule has 0 saturated carbocycles. The predicted octanol–water partition coefficient (Wildman–Crippen LogP) is 2.43. The molecule has 0 heterocycles. The lowest BCUT2D eigenvalue weighted by Gasteiger charge is -2.19. The van der Waals surface area contributed by atoms with Gasteiger partial charge in [-0.25, -0.2) is 8.42 Å². The summed E-state index contributed by atoms with van der Waals surface area (Å²) in [5.74, 6) is 1.12. The van der Waals surface area contributed by atoms with Crippen molar-refractivity contribution in [3.05, 3.63) is 29.8 Å². The molecule has 21 heavy (non-hydrogen) atoms. The minimum atomic E-state index is -2.87. The van der Waals surface area contributed by atoms with Gasteiger partial charge in [-0.05, 0) is 49.9 Å². The van der Waals surface area contributed by atoms with Crippen molar-refractivity contribution in [2.24, 2.45) is 0 Å². The molecule has 0 aromatic heterocycles. The molecule has 0 spiro atoms. The molecule has 0 radical (unpaired) electrons. The molecule has 120 valence electrons. The fourth-order valence-electron chi connectivity index (χ4n) is 2.30. The predicted molar refractivity (Wildman–Crippen MR) is 87.7 cm³/mol. The van der Waals surface area contributed by atoms with Crippen LogP contribution in [0.15, 0.2) is 24.3 Å². The van der Waals surface area contributed by atoms with Crippen molar-refractivity contribution in [3.8, 4) is 5.75 Å². The van der Waals surface area contributed by atoms with Gasteiger partial charge in [-0.3, -0.25) is 0 Å². The van der Waals surface area contributed by atoms with E-state index < -0.39 is 9.84 Å². The quantitative estimate of drug-likeness (QED) is 0.721. The van der Waals surface area contributed by atoms with Gasteiger partial charge in [-0.15, -0.1) is 0 Å². The Kier molecular flexibility index (Phi) is 7.75. The molecule has 0 aliphatic heterocycles. The van der Waals surface area contributed by atoms with E-state index in [-0.39, 0.29) is 5.75 Å². The lowest BCUT2D eigenvalue weighted by molar-refractivity contribution is 0.413. The van der Waals surface area contributed by atoms with Gasteiger partial charge in [0.25, 0.3) is 0 Å². The Morgan fingerprint density at radius 1 is 1.33 bits per heavy atom. The van der Waals surface area contributed by atoms with Crippen LogP contribution < -0.4 is 10.1 Å². The zero-order valence-corrected chi connectivity index (χ0v) is 14.1. The Bertz CT molecular complexity index is 514. The molecule has 1 unspecified atom stereocenters. The summed E-state index contributed by atoms with van der Waals surface area (Å²) in [5, 5.41) is 3.51. The third kappa shape index (κ3) is 8.07. The molecule has 1 aromatic carbocycles. The topological polar surface area (TPSA) is 55.4 Å². The average molecular weight is 313 g/mol. The summed E-state index contributed by atoms with van der Waals surface area (Å²) >= 11 is 0. The summed E-state index contributed by atoms with van der Waals surface area (Å²) in [7, 11) is -1.21. The molecule has 0 aliphatic rings. The third-order valence-corrected chi connectivity index (χ3v) is 4.40. The van der Waals surface area contributed by atoms with Gasteiger partial charge in [0, 0.05) is 18.1 Å². The van der Waals surface area contributed by atoms with E-state index >= 15 is 0 Å². The number of hydrogen-bond acceptors (Lipinski definition) is 4. The van der Waals surface area contributed by atoms with Crippen LogP contribution in [0.2, 0.25) is 0 Å². The fraction of sp³-hybridized carbons (Fsp3) is 0.625. The molecule has 5 heteroatoms. The van der Waals surface area contributed by atoms with Crippen LogP contribution >= 0.6 is 0 Å². The smallest absolute Gasteiger partial charge is 0.147 e. The van der Waals surface area contributed by atoms with Gasteiger partial charge in [0.1, 0.15) is 15.6 Å². The normalized spacial score (nSPS) is 13.1. The maximum Gasteiger partial charge on any atom is 0.147 e. The monoisotopic (exact) mass is 313 g/mol. The Morgan fingerprint density at radius 2 is 2.10 bits per heavy atom. The number of nitrogens with one attached hydrogen (secondary N) is 1. The molecule has 0 saturated heterocycles. The number of ether oxygens (including phenoxy) is 1. The first-order chi connectivity index (χ1) is 9.94. The first-order valence-electron chi connectivity index (χ1n) is 7.48. The minimum absolute atomic E-state index is 0.259. The van der Waals surface area contributed by atoms with E-state index in [9.17, 15) is 8.42 Å². The Morgan fingerprint density at radius 3 is 2.71 bits per heavy atom. The van der Waals surface area contributed by atoms with Crippen LogP contribution in [0.4, 0.5) is 0 Å². The second-order valence-corrected chi connectivity index (χ2v) is 7.74. The van der Waals surface area contributed by atoms with Gasteiger partial charge in [0.05, 0.1) is 7.11 Å². The van der Waals surface area contributed by atoms with Crippen LogP contribution in [0.1, 0.15) is 31.7 Å². The summed E-state index contributed by atoms with van der Waals surface area (Å²) in [5.41, 5.74) is 1.21. The van der Waals surface area contributed by atoms with E-state index in [1.54, 1.807) is 7.11 Å². The Labute approximate surface area is 128 Å². The van der Waals surface area contributed by atoms with Crippen molar-refractivity contribution in [1.82, 2.24) is 5.32 Å². The van der Waals surface area contributed by atoms with Gasteiger partial charge >= 0.3 is 0 Å². The van der Waals surface area contributed by atoms with Crippen LogP contribution in [-0.4, -0.2) is 40.1 Å². The number of rotatable bonds is 10. The van der Waals surface area contributed by atoms with E-state index in [1.165, 1.54) is 11.8 Å². The number of benzene rings is 1. The van der Waals surface area contributed by atoms with Crippen molar-refractivity contribution >= 4 is 9.84 Å². The van der Waals surface area contributed by atoms with Crippen LogP contribution in [0, 0.1) is 0 Å². The molecule has 0 bridgehead atoms. The van der Waals surface area contributed by atoms with E-state index in [1.807, 2.05) is 18.2 Å². The van der Waals surface area contributed by atoms with Gasteiger partial charge in [0.15, 0.2) is 0 Å². The summed E-state index contributed by atoms with van der Waals surface area (Å²) in [6.45, 7) is 3.08. The highest BCUT2D eigenvalue weighted by atomic mass is 32.2. The van der Waals surface area contributed by atoms with Crippen LogP contribution in [0.3, 0.4) is 0 Å². The standard InChI is InChI=1S/C16H27NO3S/c1-4-10-17-15(8-6-11-21(3,18)19)12-14-7-5-9-16(13-14)20-2/h5,7,9,13,15,17H,4,6,8,10-12H2,1-3H3. The van der Waals surface area contributed by atoms with E-state index in [0.29, 0.717) is 12.5 Å². The first kappa shape index (κ1) is 18.0. The molecule has 0 aliphatic carbocycles. The van der Waals surface area contributed by atoms with Gasteiger partial charge in [-0.2, -0.15) is 0 Å². The van der Waals surface area contributed by atoms with Crippen molar-refractivity contribution in [2.45, 2.75) is 38.6 Å². The second kappa shape index (κ2) is 9.05. The third-order valence-electron chi connectivity index (χ3n) is 3.37. The summed E-state index contributed by atoms with van der Waals surface area (Å²) < 4.78 is 27.7. The molecular weight excluding hydrogens is 286 g/mol. The molecule has 1 rings (SSSR count). The second-order valence-electron chi connectivity index (χ2n) is 5.48. The van der Waals surface area contributed by atoms with Crippen molar-refractivity contribution in [1.29, 1.82) is 0 Å². The highest BCUT2D eigenvalue weighted by molar-refractivity contribution is 7.90. The number of methoxy groups -OCH3 is 1. The lowest BCUT2D eigenvalue weighted by Crippen LogP contribution is -2.32. The SMILES string of the molecule is CCCNC(CCCS(C)(=O)=O)Cc1cccc(OC)c1. The molecule has 0 fully saturated rings. The molecule has 1 atom stereocenters. The van der Waals surface area contributed by atoms with Crippen LogP contribution in [-0.2, 0) is 16.3 Å². The summed E-state index contributed by atoms with van der Waals surface area (Å²) in [4.78, 5) is 0. The minimum Gasteiger partial charge on any atom is -0.497 e. The van der Waals surface area contributed by atoms with Crippen molar-refractivity contribution < 1.29 is 13.2 Å². The van der Waals surface area contributed by atoms with E-state index in [4.69, 9.17) is 4.74 Å². The zero-order valence-electron chi connectivity index (χ0n) is 13.3. The van der Waals surface area contributed by atoms with Gasteiger partial charge in [-0.1, -0.05) is 19.1 Å². The maximum absolute atomic E-state index is 11.2. The van der Waals surface area contributed by atoms with E-state index in [0.717, 1.165) is 31.6 Å². The van der Waals surface area contributed by atoms with Gasteiger partial charge < -0.3 is 10.1 Å². The molecule has 4 nitrogen and oxygen atoms in total. The molecule has 1 aromatic rings. The fourth-order valence-corrected chi connectivity index (χ4v) is 2.99. The number of sulfone groups is 1. The zero-order chi connectivity index (χ0) is 15.7. The molecule has 0 amide bonds. The highest BCUT2D eigenvalue weighted by Gasteiger charge is 2.11. The number of hydrogen-bond donors (Lipinski definition) is 1. The first-order valence-corrected chi connectivity index (χ1v) is 9.54. The highest BCUT2D eigenvalue weighted by Crippen LogP contribution is 2.15. The van der Waals surface area contributed by atoms with Crippen LogP contribution in [0.5, 0.6) is 5.75 Å². The Hall–Kier alpha value is -1.07. The molecular formula is C16H27NO3S. The van der Waals surface area contributed by atoms with Crippen molar-refractivity contribution in [3.63, 3.8) is 0 Å². The maximum atomic E-state index is 11.2. The van der Waals surface area contributed by atoms with E-state index in [2.05, 4.69) is 18.3 Å². The average Bonchev–Trinajstić information content (AvgIpc) is 2.43. The van der Waals surface area contributed by atoms with Crippen molar-refractivity contribution in [2.75, 3.05) is 25.7 Å². The summed E-state index contributed by atoms with van der Waals surface area (Å²) in [6.07, 6.45) is 4.82. The summed E-state index contributed by atoms with van der Waals surface area (Å²) in [6, 6.07) is 8.35. The largest absolute Gasteiger partial charge is 0.497 e. The van der Waals surface area contributed by atoms with Gasteiger partial charge in [0.2, 0.25) is 0 Å². The van der Waals surface area contributed by atoms with Crippen LogP contribution in [0.25, 0.3) is 0 Å².